The van der Waals surface area contributed by atoms with Crippen LogP contribution in [-0.2, 0) is 6.18 Å². The summed E-state index contributed by atoms with van der Waals surface area (Å²) in [5.74, 6) is 0.430. The Hall–Kier alpha value is -4.60. The summed E-state index contributed by atoms with van der Waals surface area (Å²) in [5, 5.41) is 9.19. The van der Waals surface area contributed by atoms with Crippen LogP contribution in [0.15, 0.2) is 41.7 Å². The Kier molecular flexibility index (Phi) is 5.51. The number of fused-ring (bicyclic) bond motifs is 1. The molecule has 4 heterocycles. The Morgan fingerprint density at radius 1 is 1.17 bits per heavy atom. The van der Waals surface area contributed by atoms with Crippen molar-refractivity contribution in [1.29, 1.82) is 5.26 Å². The van der Waals surface area contributed by atoms with Crippen molar-refractivity contribution in [2.45, 2.75) is 32.0 Å². The molecule has 2 N–H and O–H groups in total. The number of nitrogen functional groups attached to an aromatic ring is 1. The van der Waals surface area contributed by atoms with Crippen LogP contribution in [-0.4, -0.2) is 36.0 Å². The van der Waals surface area contributed by atoms with Gasteiger partial charge in [-0.25, -0.2) is 19.9 Å². The molecule has 10 nitrogen and oxygen atoms in total. The molecular weight excluding hydrogens is 475 g/mol. The minimum absolute atomic E-state index is 0.0257. The Morgan fingerprint density at radius 3 is 2.61 bits per heavy atom. The lowest BCUT2D eigenvalue weighted by molar-refractivity contribution is -0.136. The third-order valence-corrected chi connectivity index (χ3v) is 6.06. The van der Waals surface area contributed by atoms with Crippen LogP contribution in [0.25, 0.3) is 16.6 Å². The number of alkyl halides is 3. The molecule has 182 valence electrons. The Morgan fingerprint density at radius 2 is 1.92 bits per heavy atom. The molecule has 13 heteroatoms. The highest BCUT2D eigenvalue weighted by Gasteiger charge is 2.37. The van der Waals surface area contributed by atoms with Gasteiger partial charge in [-0.15, -0.1) is 0 Å². The van der Waals surface area contributed by atoms with Crippen LogP contribution < -0.4 is 16.2 Å². The number of benzene rings is 1. The smallest absolute Gasteiger partial charge is 0.368 e. The zero-order valence-corrected chi connectivity index (χ0v) is 18.9. The molecule has 3 aromatic heterocycles. The van der Waals surface area contributed by atoms with E-state index >= 15 is 0 Å². The number of nitrogens with zero attached hydrogens (tertiary/aromatic N) is 8. The molecule has 36 heavy (non-hydrogen) atoms. The SMILES string of the molecule is Cc1nc(N)nc(N2CCC[C@H]2c2nc3cccc(C(F)(F)F)c3c(=O)n2-c2cncnc2)c1C#N. The maximum Gasteiger partial charge on any atom is 0.417 e. The summed E-state index contributed by atoms with van der Waals surface area (Å²) < 4.78 is 42.5. The van der Waals surface area contributed by atoms with Gasteiger partial charge < -0.3 is 10.6 Å². The highest BCUT2D eigenvalue weighted by atomic mass is 19.4. The minimum atomic E-state index is -4.76. The molecule has 0 amide bonds. The largest absolute Gasteiger partial charge is 0.417 e. The lowest BCUT2D eigenvalue weighted by Gasteiger charge is -2.28. The third-order valence-electron chi connectivity index (χ3n) is 6.06. The third kappa shape index (κ3) is 3.76. The second-order valence-corrected chi connectivity index (χ2v) is 8.23. The number of anilines is 2. The summed E-state index contributed by atoms with van der Waals surface area (Å²) in [6.45, 7) is 2.09. The van der Waals surface area contributed by atoms with Crippen molar-refractivity contribution in [3.63, 3.8) is 0 Å². The maximum atomic E-state index is 13.8. The zero-order chi connectivity index (χ0) is 25.6. The van der Waals surface area contributed by atoms with E-state index < -0.39 is 28.7 Å². The highest BCUT2D eigenvalue weighted by Crippen LogP contribution is 2.38. The van der Waals surface area contributed by atoms with Gasteiger partial charge in [0.15, 0.2) is 5.82 Å². The van der Waals surface area contributed by atoms with Gasteiger partial charge in [-0.3, -0.25) is 9.36 Å². The second-order valence-electron chi connectivity index (χ2n) is 8.23. The number of rotatable bonds is 3. The molecule has 0 bridgehead atoms. The Labute approximate surface area is 201 Å². The van der Waals surface area contributed by atoms with Crippen LogP contribution in [0.3, 0.4) is 0 Å². The molecule has 1 aliphatic heterocycles. The summed E-state index contributed by atoms with van der Waals surface area (Å²) in [6, 6.07) is 4.93. The number of nitriles is 1. The molecule has 0 saturated carbocycles. The van der Waals surface area contributed by atoms with Gasteiger partial charge in [-0.1, -0.05) is 6.07 Å². The van der Waals surface area contributed by atoms with Gasteiger partial charge in [0.2, 0.25) is 5.95 Å². The normalized spacial score (nSPS) is 15.9. The van der Waals surface area contributed by atoms with E-state index in [-0.39, 0.29) is 34.4 Å². The minimum Gasteiger partial charge on any atom is -0.368 e. The van der Waals surface area contributed by atoms with Crippen LogP contribution in [0.1, 0.15) is 41.5 Å². The standard InChI is InChI=1S/C23H18F3N9O/c1-12-14(8-27)19(33-22(28)31-12)34-7-3-6-17(34)20-32-16-5-2-4-15(23(24,25)26)18(16)21(36)35(20)13-9-29-11-30-10-13/h2,4-5,9-11,17H,3,6-7H2,1H3,(H2,28,31,33)/t17-/m0/s1. The summed E-state index contributed by atoms with van der Waals surface area (Å²) >= 11 is 0. The van der Waals surface area contributed by atoms with E-state index in [9.17, 15) is 23.2 Å². The summed E-state index contributed by atoms with van der Waals surface area (Å²) in [5.41, 5.74) is 4.55. The van der Waals surface area contributed by atoms with Gasteiger partial charge in [-0.2, -0.15) is 23.4 Å². The molecule has 1 aromatic carbocycles. The van der Waals surface area contributed by atoms with Crippen molar-refractivity contribution in [3.05, 3.63) is 69.9 Å². The number of hydrogen-bond acceptors (Lipinski definition) is 9. The first-order valence-electron chi connectivity index (χ1n) is 10.9. The van der Waals surface area contributed by atoms with Gasteiger partial charge >= 0.3 is 6.18 Å². The highest BCUT2D eigenvalue weighted by molar-refractivity contribution is 5.82. The first-order valence-corrected chi connectivity index (χ1v) is 10.9. The molecule has 0 aliphatic carbocycles. The predicted octanol–water partition coefficient (Wildman–Crippen LogP) is 3.09. The number of aryl methyl sites for hydroxylation is 1. The van der Waals surface area contributed by atoms with Gasteiger partial charge in [0.25, 0.3) is 5.56 Å². The van der Waals surface area contributed by atoms with E-state index in [1.54, 1.807) is 11.8 Å². The van der Waals surface area contributed by atoms with Crippen LogP contribution in [0.5, 0.6) is 0 Å². The Balaban J connectivity index is 1.81. The van der Waals surface area contributed by atoms with E-state index in [0.29, 0.717) is 25.1 Å². The molecule has 4 aromatic rings. The van der Waals surface area contributed by atoms with E-state index in [4.69, 9.17) is 5.73 Å². The topological polar surface area (TPSA) is 140 Å². The van der Waals surface area contributed by atoms with E-state index in [0.717, 1.165) is 10.6 Å². The lowest BCUT2D eigenvalue weighted by atomic mass is 10.1. The molecule has 0 spiro atoms. The maximum absolute atomic E-state index is 13.8. The van der Waals surface area contributed by atoms with E-state index in [1.807, 2.05) is 0 Å². The number of hydrogen-bond donors (Lipinski definition) is 1. The van der Waals surface area contributed by atoms with Crippen molar-refractivity contribution in [3.8, 4) is 11.8 Å². The zero-order valence-electron chi connectivity index (χ0n) is 18.9. The molecule has 0 unspecified atom stereocenters. The quantitative estimate of drug-likeness (QED) is 0.456. The molecule has 1 saturated heterocycles. The van der Waals surface area contributed by atoms with Crippen molar-refractivity contribution in [2.75, 3.05) is 17.2 Å². The summed E-state index contributed by atoms with van der Waals surface area (Å²) in [6.07, 6.45) is 0.295. The average Bonchev–Trinajstić information content (AvgIpc) is 3.33. The fourth-order valence-corrected chi connectivity index (χ4v) is 4.57. The molecular formula is C23H18F3N9O. The van der Waals surface area contributed by atoms with E-state index in [2.05, 4.69) is 31.0 Å². The van der Waals surface area contributed by atoms with Gasteiger partial charge in [0, 0.05) is 6.54 Å². The fourth-order valence-electron chi connectivity index (χ4n) is 4.57. The predicted molar refractivity (Wildman–Crippen MR) is 123 cm³/mol. The van der Waals surface area contributed by atoms with Crippen molar-refractivity contribution in [2.24, 2.45) is 0 Å². The summed E-state index contributed by atoms with van der Waals surface area (Å²) in [4.78, 5) is 36.2. The molecule has 1 aliphatic rings. The molecule has 1 atom stereocenters. The van der Waals surface area contributed by atoms with Crippen LogP contribution in [0, 0.1) is 18.3 Å². The lowest BCUT2D eigenvalue weighted by Crippen LogP contribution is -2.33. The summed E-state index contributed by atoms with van der Waals surface area (Å²) in [7, 11) is 0. The van der Waals surface area contributed by atoms with Crippen LogP contribution >= 0.6 is 0 Å². The first-order chi connectivity index (χ1) is 17.2. The van der Waals surface area contributed by atoms with Crippen molar-refractivity contribution < 1.29 is 13.2 Å². The van der Waals surface area contributed by atoms with Crippen molar-refractivity contribution in [1.82, 2.24) is 29.5 Å². The monoisotopic (exact) mass is 493 g/mol. The van der Waals surface area contributed by atoms with Gasteiger partial charge in [-0.05, 0) is 31.9 Å². The molecule has 5 rings (SSSR count). The molecule has 0 radical (unpaired) electrons. The first kappa shape index (κ1) is 23.2. The van der Waals surface area contributed by atoms with Crippen molar-refractivity contribution >= 4 is 22.7 Å². The number of halogens is 3. The fraction of sp³-hybridized carbons (Fsp3) is 0.261. The molecule has 1 fully saturated rings. The van der Waals surface area contributed by atoms with Crippen LogP contribution in [0.2, 0.25) is 0 Å². The Bertz CT molecular complexity index is 1580. The average molecular weight is 493 g/mol. The number of nitrogens with two attached hydrogens (primary N) is 1. The van der Waals surface area contributed by atoms with Crippen LogP contribution in [0.4, 0.5) is 24.9 Å². The second kappa shape index (κ2) is 8.56. The number of aromatic nitrogens is 6. The van der Waals surface area contributed by atoms with Gasteiger partial charge in [0.05, 0.1) is 46.3 Å². The van der Waals surface area contributed by atoms with Gasteiger partial charge in [0.1, 0.15) is 23.8 Å². The van der Waals surface area contributed by atoms with E-state index in [1.165, 1.54) is 30.9 Å².